The van der Waals surface area contributed by atoms with Crippen LogP contribution in [0.25, 0.3) is 0 Å². The maximum absolute atomic E-state index is 11.9. The number of carbonyl (C=O) groups excluding carboxylic acids is 1. The molecule has 0 radical (unpaired) electrons. The van der Waals surface area contributed by atoms with E-state index in [-0.39, 0.29) is 17.4 Å². The zero-order chi connectivity index (χ0) is 14.2. The molecule has 19 heavy (non-hydrogen) atoms. The van der Waals surface area contributed by atoms with Gasteiger partial charge in [-0.05, 0) is 31.7 Å². The van der Waals surface area contributed by atoms with Crippen LogP contribution in [0.15, 0.2) is 18.2 Å². The number of hydrogen-bond acceptors (Lipinski definition) is 1. The lowest BCUT2D eigenvalue weighted by Gasteiger charge is -2.32. The van der Waals surface area contributed by atoms with Gasteiger partial charge in [-0.1, -0.05) is 50.1 Å². The van der Waals surface area contributed by atoms with Crippen molar-refractivity contribution >= 4 is 5.91 Å². The summed E-state index contributed by atoms with van der Waals surface area (Å²) in [4.78, 5) is 11.9. The summed E-state index contributed by atoms with van der Waals surface area (Å²) in [5.74, 6) is 0.779. The van der Waals surface area contributed by atoms with E-state index in [1.807, 2.05) is 0 Å². The molecule has 1 heterocycles. The molecule has 1 aromatic rings. The first kappa shape index (κ1) is 14.1. The summed E-state index contributed by atoms with van der Waals surface area (Å²) in [5.41, 5.74) is 3.78. The van der Waals surface area contributed by atoms with Crippen molar-refractivity contribution in [1.82, 2.24) is 5.32 Å². The fourth-order valence-electron chi connectivity index (χ4n) is 3.26. The molecule has 1 N–H and O–H groups in total. The fourth-order valence-corrected chi connectivity index (χ4v) is 3.26. The largest absolute Gasteiger partial charge is 0.352 e. The number of benzene rings is 1. The molecule has 1 aliphatic rings. The Labute approximate surface area is 116 Å². The second-order valence-electron chi connectivity index (χ2n) is 6.72. The lowest BCUT2D eigenvalue weighted by Crippen LogP contribution is -2.39. The summed E-state index contributed by atoms with van der Waals surface area (Å²) >= 11 is 0. The molecule has 0 aromatic heterocycles. The Kier molecular flexibility index (Phi) is 3.71. The molecule has 2 atom stereocenters. The average Bonchev–Trinajstić information content (AvgIpc) is 2.52. The number of carbonyl (C=O) groups is 1. The SMILES string of the molecule is Cc1cc(C)cc(C2(C)CC(=O)NC2CC(C)C)c1. The van der Waals surface area contributed by atoms with Gasteiger partial charge in [0.2, 0.25) is 5.91 Å². The summed E-state index contributed by atoms with van der Waals surface area (Å²) in [7, 11) is 0. The summed E-state index contributed by atoms with van der Waals surface area (Å²) < 4.78 is 0. The van der Waals surface area contributed by atoms with Crippen molar-refractivity contribution in [1.29, 1.82) is 0 Å². The highest BCUT2D eigenvalue weighted by atomic mass is 16.2. The highest BCUT2D eigenvalue weighted by Gasteiger charge is 2.44. The van der Waals surface area contributed by atoms with Crippen molar-refractivity contribution in [2.45, 2.75) is 58.9 Å². The molecule has 2 unspecified atom stereocenters. The summed E-state index contributed by atoms with van der Waals surface area (Å²) in [6, 6.07) is 6.91. The molecular weight excluding hydrogens is 234 g/mol. The molecule has 0 spiro atoms. The van der Waals surface area contributed by atoms with Gasteiger partial charge in [-0.25, -0.2) is 0 Å². The highest BCUT2D eigenvalue weighted by Crippen LogP contribution is 2.39. The van der Waals surface area contributed by atoms with E-state index >= 15 is 0 Å². The minimum atomic E-state index is -0.0713. The molecule has 0 bridgehead atoms. The third kappa shape index (κ3) is 2.83. The van der Waals surface area contributed by atoms with Gasteiger partial charge in [0.25, 0.3) is 0 Å². The van der Waals surface area contributed by atoms with Gasteiger partial charge in [0.05, 0.1) is 0 Å². The van der Waals surface area contributed by atoms with Gasteiger partial charge in [-0.15, -0.1) is 0 Å². The monoisotopic (exact) mass is 259 g/mol. The highest BCUT2D eigenvalue weighted by molar-refractivity contribution is 5.81. The van der Waals surface area contributed by atoms with Gasteiger partial charge in [0.15, 0.2) is 0 Å². The van der Waals surface area contributed by atoms with Crippen LogP contribution in [-0.2, 0) is 10.2 Å². The number of aryl methyl sites for hydroxylation is 2. The molecule has 0 aliphatic carbocycles. The van der Waals surface area contributed by atoms with Gasteiger partial charge in [-0.2, -0.15) is 0 Å². The van der Waals surface area contributed by atoms with Gasteiger partial charge in [0, 0.05) is 17.9 Å². The first-order valence-corrected chi connectivity index (χ1v) is 7.19. The first-order valence-electron chi connectivity index (χ1n) is 7.19. The smallest absolute Gasteiger partial charge is 0.221 e. The van der Waals surface area contributed by atoms with Gasteiger partial charge < -0.3 is 5.32 Å². The molecule has 1 fully saturated rings. The predicted octanol–water partition coefficient (Wildman–Crippen LogP) is 3.50. The quantitative estimate of drug-likeness (QED) is 0.884. The van der Waals surface area contributed by atoms with Crippen LogP contribution < -0.4 is 5.32 Å². The molecular formula is C17H25NO. The van der Waals surface area contributed by atoms with E-state index in [2.05, 4.69) is 58.1 Å². The van der Waals surface area contributed by atoms with E-state index in [1.165, 1.54) is 16.7 Å². The Bertz CT molecular complexity index is 472. The van der Waals surface area contributed by atoms with Crippen LogP contribution in [0.2, 0.25) is 0 Å². The minimum absolute atomic E-state index is 0.0713. The number of nitrogens with one attached hydrogen (secondary N) is 1. The number of hydrogen-bond donors (Lipinski definition) is 1. The Morgan fingerprint density at radius 1 is 1.26 bits per heavy atom. The average molecular weight is 259 g/mol. The third-order valence-corrected chi connectivity index (χ3v) is 4.22. The summed E-state index contributed by atoms with van der Waals surface area (Å²) in [6.45, 7) is 10.9. The van der Waals surface area contributed by atoms with Gasteiger partial charge >= 0.3 is 0 Å². The van der Waals surface area contributed by atoms with E-state index in [4.69, 9.17) is 0 Å². The summed E-state index contributed by atoms with van der Waals surface area (Å²) in [6.07, 6.45) is 1.64. The van der Waals surface area contributed by atoms with E-state index < -0.39 is 0 Å². The Balaban J connectivity index is 2.40. The summed E-state index contributed by atoms with van der Waals surface area (Å²) in [5, 5.41) is 3.17. The lowest BCUT2D eigenvalue weighted by molar-refractivity contribution is -0.119. The molecule has 104 valence electrons. The van der Waals surface area contributed by atoms with Crippen molar-refractivity contribution in [2.24, 2.45) is 5.92 Å². The number of amides is 1. The first-order chi connectivity index (χ1) is 8.81. The Hall–Kier alpha value is -1.31. The van der Waals surface area contributed by atoms with Crippen LogP contribution in [0.1, 0.15) is 50.3 Å². The second kappa shape index (κ2) is 4.99. The normalized spacial score (nSPS) is 26.8. The molecule has 1 aromatic carbocycles. The second-order valence-corrected chi connectivity index (χ2v) is 6.72. The molecule has 1 aliphatic heterocycles. The van der Waals surface area contributed by atoms with Crippen LogP contribution in [0, 0.1) is 19.8 Å². The van der Waals surface area contributed by atoms with Crippen molar-refractivity contribution in [3.05, 3.63) is 34.9 Å². The van der Waals surface area contributed by atoms with Crippen molar-refractivity contribution in [2.75, 3.05) is 0 Å². The predicted molar refractivity (Wildman–Crippen MR) is 79.3 cm³/mol. The molecule has 0 saturated carbocycles. The van der Waals surface area contributed by atoms with Crippen molar-refractivity contribution < 1.29 is 4.79 Å². The van der Waals surface area contributed by atoms with Crippen molar-refractivity contribution in [3.8, 4) is 0 Å². The number of rotatable bonds is 3. The maximum atomic E-state index is 11.9. The van der Waals surface area contributed by atoms with Crippen molar-refractivity contribution in [3.63, 3.8) is 0 Å². The molecule has 2 heteroatoms. The molecule has 2 rings (SSSR count). The van der Waals surface area contributed by atoms with Crippen LogP contribution in [0.4, 0.5) is 0 Å². The molecule has 1 amide bonds. The van der Waals surface area contributed by atoms with Crippen LogP contribution >= 0.6 is 0 Å². The molecule has 1 saturated heterocycles. The zero-order valence-corrected chi connectivity index (χ0v) is 12.7. The zero-order valence-electron chi connectivity index (χ0n) is 12.7. The van der Waals surface area contributed by atoms with Crippen LogP contribution in [0.5, 0.6) is 0 Å². The molecule has 2 nitrogen and oxygen atoms in total. The Morgan fingerprint density at radius 3 is 2.37 bits per heavy atom. The van der Waals surface area contributed by atoms with Gasteiger partial charge in [-0.3, -0.25) is 4.79 Å². The van der Waals surface area contributed by atoms with E-state index in [1.54, 1.807) is 0 Å². The maximum Gasteiger partial charge on any atom is 0.221 e. The van der Waals surface area contributed by atoms with Gasteiger partial charge in [0.1, 0.15) is 0 Å². The Morgan fingerprint density at radius 2 is 1.84 bits per heavy atom. The van der Waals surface area contributed by atoms with E-state index in [9.17, 15) is 4.79 Å². The third-order valence-electron chi connectivity index (χ3n) is 4.22. The minimum Gasteiger partial charge on any atom is -0.352 e. The topological polar surface area (TPSA) is 29.1 Å². The van der Waals surface area contributed by atoms with E-state index in [0.717, 1.165) is 6.42 Å². The lowest BCUT2D eigenvalue weighted by atomic mass is 9.73. The standard InChI is InChI=1S/C17H25NO/c1-11(2)6-15-17(5,10-16(19)18-15)14-8-12(3)7-13(4)9-14/h7-9,11,15H,6,10H2,1-5H3,(H,18,19). The fraction of sp³-hybridized carbons (Fsp3) is 0.588. The van der Waals surface area contributed by atoms with Crippen LogP contribution in [-0.4, -0.2) is 11.9 Å². The van der Waals surface area contributed by atoms with E-state index in [0.29, 0.717) is 12.3 Å². The van der Waals surface area contributed by atoms with Crippen LogP contribution in [0.3, 0.4) is 0 Å².